The van der Waals surface area contributed by atoms with Crippen molar-refractivity contribution in [3.63, 3.8) is 0 Å². The SMILES string of the molecule is Cc1ncc(CNC(=O)Cc2cccs2)c([C@@H]2CCCN2C)n1. The van der Waals surface area contributed by atoms with E-state index in [1.165, 1.54) is 6.42 Å². The summed E-state index contributed by atoms with van der Waals surface area (Å²) < 4.78 is 0. The molecule has 0 unspecified atom stereocenters. The van der Waals surface area contributed by atoms with Crippen LogP contribution in [0.4, 0.5) is 0 Å². The Kier molecular flexibility index (Phi) is 5.03. The van der Waals surface area contributed by atoms with Crippen molar-refractivity contribution < 1.29 is 4.79 Å². The number of carbonyl (C=O) groups is 1. The van der Waals surface area contributed by atoms with Gasteiger partial charge in [0.05, 0.1) is 18.2 Å². The summed E-state index contributed by atoms with van der Waals surface area (Å²) >= 11 is 1.61. The first kappa shape index (κ1) is 16.1. The van der Waals surface area contributed by atoms with Crippen LogP contribution in [0.1, 0.15) is 40.8 Å². The number of nitrogens with one attached hydrogen (secondary N) is 1. The van der Waals surface area contributed by atoms with Crippen molar-refractivity contribution in [1.82, 2.24) is 20.2 Å². The monoisotopic (exact) mass is 330 g/mol. The molecule has 1 saturated heterocycles. The van der Waals surface area contributed by atoms with Crippen LogP contribution in [0.2, 0.25) is 0 Å². The first-order valence-electron chi connectivity index (χ1n) is 7.95. The molecule has 0 radical (unpaired) electrons. The molecule has 1 N–H and O–H groups in total. The van der Waals surface area contributed by atoms with Crippen LogP contribution in [-0.2, 0) is 17.8 Å². The molecule has 2 aromatic heterocycles. The van der Waals surface area contributed by atoms with E-state index in [4.69, 9.17) is 0 Å². The summed E-state index contributed by atoms with van der Waals surface area (Å²) in [6.07, 6.45) is 4.59. The summed E-state index contributed by atoms with van der Waals surface area (Å²) in [6.45, 7) is 3.50. The van der Waals surface area contributed by atoms with E-state index in [2.05, 4.69) is 27.2 Å². The molecule has 23 heavy (non-hydrogen) atoms. The van der Waals surface area contributed by atoms with Gasteiger partial charge in [0, 0.05) is 23.2 Å². The molecular weight excluding hydrogens is 308 g/mol. The number of likely N-dealkylation sites (tertiary alicyclic amines) is 1. The fraction of sp³-hybridized carbons (Fsp3) is 0.471. The predicted molar refractivity (Wildman–Crippen MR) is 91.2 cm³/mol. The summed E-state index contributed by atoms with van der Waals surface area (Å²) in [4.78, 5) is 24.5. The van der Waals surface area contributed by atoms with Gasteiger partial charge in [0.25, 0.3) is 0 Å². The zero-order valence-corrected chi connectivity index (χ0v) is 14.4. The smallest absolute Gasteiger partial charge is 0.225 e. The molecule has 5 nitrogen and oxygen atoms in total. The highest BCUT2D eigenvalue weighted by Gasteiger charge is 2.26. The molecule has 0 bridgehead atoms. The van der Waals surface area contributed by atoms with Gasteiger partial charge in [-0.2, -0.15) is 0 Å². The quantitative estimate of drug-likeness (QED) is 0.915. The summed E-state index contributed by atoms with van der Waals surface area (Å²) in [5, 5.41) is 5.00. The van der Waals surface area contributed by atoms with E-state index in [1.54, 1.807) is 11.3 Å². The van der Waals surface area contributed by atoms with Gasteiger partial charge in [0.2, 0.25) is 5.91 Å². The maximum atomic E-state index is 12.1. The minimum atomic E-state index is 0.0405. The maximum absolute atomic E-state index is 12.1. The molecule has 1 amide bonds. The van der Waals surface area contributed by atoms with Crippen LogP contribution in [0.5, 0.6) is 0 Å². The van der Waals surface area contributed by atoms with Crippen molar-refractivity contribution >= 4 is 17.2 Å². The van der Waals surface area contributed by atoms with E-state index in [0.29, 0.717) is 19.0 Å². The Morgan fingerprint density at radius 2 is 2.39 bits per heavy atom. The first-order valence-corrected chi connectivity index (χ1v) is 8.83. The van der Waals surface area contributed by atoms with Crippen LogP contribution in [0.15, 0.2) is 23.7 Å². The highest BCUT2D eigenvalue weighted by molar-refractivity contribution is 7.10. The van der Waals surface area contributed by atoms with Gasteiger partial charge in [-0.25, -0.2) is 9.97 Å². The fourth-order valence-electron chi connectivity index (χ4n) is 3.02. The number of aromatic nitrogens is 2. The van der Waals surface area contributed by atoms with Gasteiger partial charge < -0.3 is 5.32 Å². The molecule has 3 rings (SSSR count). The Labute approximate surface area is 140 Å². The van der Waals surface area contributed by atoms with Gasteiger partial charge in [-0.3, -0.25) is 9.69 Å². The van der Waals surface area contributed by atoms with Gasteiger partial charge in [-0.15, -0.1) is 11.3 Å². The second-order valence-electron chi connectivity index (χ2n) is 6.00. The van der Waals surface area contributed by atoms with Gasteiger partial charge in [0.15, 0.2) is 0 Å². The molecule has 1 aliphatic heterocycles. The average Bonchev–Trinajstić information content (AvgIpc) is 3.17. The van der Waals surface area contributed by atoms with Crippen molar-refractivity contribution in [2.24, 2.45) is 0 Å². The van der Waals surface area contributed by atoms with Gasteiger partial charge in [-0.1, -0.05) is 6.07 Å². The topological polar surface area (TPSA) is 58.1 Å². The molecule has 122 valence electrons. The molecule has 1 fully saturated rings. The standard InChI is InChI=1S/C17H22N4OS/c1-12-18-10-13(17(20-12)15-6-3-7-21(15)2)11-19-16(22)9-14-5-4-8-23-14/h4-5,8,10,15H,3,6-7,9,11H2,1-2H3,(H,19,22)/t15-/m0/s1. The largest absolute Gasteiger partial charge is 0.352 e. The Hall–Kier alpha value is -1.79. The van der Waals surface area contributed by atoms with Crippen LogP contribution in [-0.4, -0.2) is 34.4 Å². The van der Waals surface area contributed by atoms with E-state index >= 15 is 0 Å². The minimum Gasteiger partial charge on any atom is -0.352 e. The van der Waals surface area contributed by atoms with E-state index in [-0.39, 0.29) is 5.91 Å². The van der Waals surface area contributed by atoms with Gasteiger partial charge in [0.1, 0.15) is 5.82 Å². The molecule has 3 heterocycles. The Morgan fingerprint density at radius 1 is 1.52 bits per heavy atom. The predicted octanol–water partition coefficient (Wildman–Crippen LogP) is 2.47. The van der Waals surface area contributed by atoms with E-state index in [9.17, 15) is 4.79 Å². The van der Waals surface area contributed by atoms with Crippen molar-refractivity contribution in [3.05, 3.63) is 45.7 Å². The lowest BCUT2D eigenvalue weighted by atomic mass is 10.1. The second-order valence-corrected chi connectivity index (χ2v) is 7.03. The molecule has 6 heteroatoms. The number of rotatable bonds is 5. The lowest BCUT2D eigenvalue weighted by Crippen LogP contribution is -2.27. The molecule has 0 aliphatic carbocycles. The van der Waals surface area contributed by atoms with Gasteiger partial charge in [-0.05, 0) is 44.8 Å². The fourth-order valence-corrected chi connectivity index (χ4v) is 3.72. The Balaban J connectivity index is 1.68. The molecule has 0 spiro atoms. The molecule has 1 aliphatic rings. The molecule has 0 aromatic carbocycles. The number of aryl methyl sites for hydroxylation is 1. The first-order chi connectivity index (χ1) is 11.1. The lowest BCUT2D eigenvalue weighted by molar-refractivity contribution is -0.120. The van der Waals surface area contributed by atoms with Crippen molar-refractivity contribution in [2.45, 2.75) is 38.8 Å². The van der Waals surface area contributed by atoms with Crippen LogP contribution in [0.3, 0.4) is 0 Å². The Morgan fingerprint density at radius 3 is 3.09 bits per heavy atom. The van der Waals surface area contributed by atoms with E-state index < -0.39 is 0 Å². The number of thiophene rings is 1. The zero-order valence-electron chi connectivity index (χ0n) is 13.6. The van der Waals surface area contributed by atoms with Crippen LogP contribution in [0, 0.1) is 6.92 Å². The molecule has 1 atom stereocenters. The number of nitrogens with zero attached hydrogens (tertiary/aromatic N) is 3. The highest BCUT2D eigenvalue weighted by Crippen LogP contribution is 2.31. The third kappa shape index (κ3) is 3.95. The molecule has 0 saturated carbocycles. The summed E-state index contributed by atoms with van der Waals surface area (Å²) in [5.74, 6) is 0.827. The minimum absolute atomic E-state index is 0.0405. The maximum Gasteiger partial charge on any atom is 0.225 e. The van der Waals surface area contributed by atoms with E-state index in [1.807, 2.05) is 30.6 Å². The number of hydrogen-bond donors (Lipinski definition) is 1. The highest BCUT2D eigenvalue weighted by atomic mass is 32.1. The van der Waals surface area contributed by atoms with E-state index in [0.717, 1.165) is 34.9 Å². The normalized spacial score (nSPS) is 18.3. The average molecular weight is 330 g/mol. The number of amides is 1. The summed E-state index contributed by atoms with van der Waals surface area (Å²) in [5.41, 5.74) is 2.09. The molecular formula is C17H22N4OS. The van der Waals surface area contributed by atoms with Crippen molar-refractivity contribution in [3.8, 4) is 0 Å². The van der Waals surface area contributed by atoms with Crippen LogP contribution in [0.25, 0.3) is 0 Å². The summed E-state index contributed by atoms with van der Waals surface area (Å²) in [7, 11) is 2.13. The Bertz CT molecular complexity index is 671. The molecule has 2 aromatic rings. The van der Waals surface area contributed by atoms with Crippen molar-refractivity contribution in [2.75, 3.05) is 13.6 Å². The third-order valence-corrected chi connectivity index (χ3v) is 5.12. The van der Waals surface area contributed by atoms with Gasteiger partial charge >= 0.3 is 0 Å². The third-order valence-electron chi connectivity index (χ3n) is 4.25. The zero-order chi connectivity index (χ0) is 16.2. The summed E-state index contributed by atoms with van der Waals surface area (Å²) in [6, 6.07) is 4.29. The van der Waals surface area contributed by atoms with Crippen LogP contribution >= 0.6 is 11.3 Å². The lowest BCUT2D eigenvalue weighted by Gasteiger charge is -2.21. The van der Waals surface area contributed by atoms with Crippen LogP contribution < -0.4 is 5.32 Å². The van der Waals surface area contributed by atoms with Crippen molar-refractivity contribution in [1.29, 1.82) is 0 Å². The number of hydrogen-bond acceptors (Lipinski definition) is 5. The number of carbonyl (C=O) groups excluding carboxylic acids is 1. The second kappa shape index (κ2) is 7.19.